The smallest absolute Gasteiger partial charge is 0.143 e. The molecule has 0 aliphatic carbocycles. The second-order valence-electron chi connectivity index (χ2n) is 13.6. The van der Waals surface area contributed by atoms with Crippen LogP contribution in [0.15, 0.2) is 192 Å². The van der Waals surface area contributed by atoms with Gasteiger partial charge in [0.1, 0.15) is 11.2 Å². The van der Waals surface area contributed by atoms with Crippen LogP contribution < -0.4 is 4.90 Å². The molecule has 0 aliphatic rings. The van der Waals surface area contributed by atoms with E-state index in [4.69, 9.17) is 4.42 Å². The van der Waals surface area contributed by atoms with Crippen molar-refractivity contribution in [2.24, 2.45) is 0 Å². The number of anilines is 3. The lowest BCUT2D eigenvalue weighted by Crippen LogP contribution is -2.12. The summed E-state index contributed by atoms with van der Waals surface area (Å²) in [5, 5.41) is 9.72. The van der Waals surface area contributed by atoms with Gasteiger partial charge in [-0.2, -0.15) is 0 Å². The van der Waals surface area contributed by atoms with E-state index < -0.39 is 0 Å². The molecular formula is C50H31NOS. The van der Waals surface area contributed by atoms with Gasteiger partial charge in [-0.15, -0.1) is 11.3 Å². The van der Waals surface area contributed by atoms with Gasteiger partial charge >= 0.3 is 0 Å². The highest BCUT2D eigenvalue weighted by molar-refractivity contribution is 7.26. The van der Waals surface area contributed by atoms with E-state index in [1.54, 1.807) is 0 Å². The topological polar surface area (TPSA) is 16.4 Å². The Morgan fingerprint density at radius 1 is 0.415 bits per heavy atom. The van der Waals surface area contributed by atoms with Crippen LogP contribution in [0, 0.1) is 0 Å². The molecule has 0 radical (unpaired) electrons. The Kier molecular flexibility index (Phi) is 6.76. The van der Waals surface area contributed by atoms with Gasteiger partial charge in [-0.25, -0.2) is 0 Å². The summed E-state index contributed by atoms with van der Waals surface area (Å²) in [5.74, 6) is 0. The lowest BCUT2D eigenvalue weighted by Gasteiger charge is -2.31. The average Bonchev–Trinajstić information content (AvgIpc) is 3.81. The first-order valence-corrected chi connectivity index (χ1v) is 18.8. The second kappa shape index (κ2) is 11.9. The number of hydrogen-bond donors (Lipinski definition) is 0. The van der Waals surface area contributed by atoms with Gasteiger partial charge in [0.2, 0.25) is 0 Å². The van der Waals surface area contributed by atoms with Crippen LogP contribution in [0.2, 0.25) is 0 Å². The number of fused-ring (bicyclic) bond motifs is 9. The van der Waals surface area contributed by atoms with Crippen LogP contribution in [-0.2, 0) is 0 Å². The maximum atomic E-state index is 6.57. The molecule has 53 heavy (non-hydrogen) atoms. The Morgan fingerprint density at radius 2 is 1.02 bits per heavy atom. The second-order valence-corrected chi connectivity index (χ2v) is 14.7. The monoisotopic (exact) mass is 693 g/mol. The van der Waals surface area contributed by atoms with Crippen molar-refractivity contribution in [2.75, 3.05) is 4.90 Å². The van der Waals surface area contributed by atoms with Gasteiger partial charge in [-0.3, -0.25) is 0 Å². The van der Waals surface area contributed by atoms with Gasteiger partial charge in [0.05, 0.1) is 16.1 Å². The largest absolute Gasteiger partial charge is 0.455 e. The standard InChI is InChI=1S/C50H31NOS/c1-2-15-32(16-3-1)47-40-23-6-4-19-36(40)37-20-5-7-24-41(37)48(47)51(44-28-14-27-43-39-22-9-11-30-46(39)53-50(43)44)34-18-12-17-33(31-34)35-25-13-26-42-38-21-8-10-29-45(38)52-49(35)42/h1-31H. The third-order valence-corrected chi connectivity index (χ3v) is 11.8. The molecule has 0 unspecified atom stereocenters. The number of hydrogen-bond acceptors (Lipinski definition) is 3. The van der Waals surface area contributed by atoms with Gasteiger partial charge in [0.15, 0.2) is 0 Å². The number of benzene rings is 9. The molecular weight excluding hydrogens is 663 g/mol. The summed E-state index contributed by atoms with van der Waals surface area (Å²) < 4.78 is 9.11. The molecule has 3 heteroatoms. The molecule has 0 atom stereocenters. The average molecular weight is 694 g/mol. The van der Waals surface area contributed by atoms with Crippen LogP contribution in [-0.4, -0.2) is 0 Å². The van der Waals surface area contributed by atoms with E-state index in [0.29, 0.717) is 0 Å². The third-order valence-electron chi connectivity index (χ3n) is 10.6. The van der Waals surface area contributed by atoms with Gasteiger partial charge in [-0.1, -0.05) is 158 Å². The molecule has 0 N–H and O–H groups in total. The highest BCUT2D eigenvalue weighted by atomic mass is 32.1. The molecule has 11 aromatic rings. The van der Waals surface area contributed by atoms with E-state index in [1.807, 2.05) is 17.4 Å². The molecule has 9 aromatic carbocycles. The van der Waals surface area contributed by atoms with Crippen LogP contribution >= 0.6 is 11.3 Å². The zero-order chi connectivity index (χ0) is 34.9. The summed E-state index contributed by atoms with van der Waals surface area (Å²) in [6.45, 7) is 0. The SMILES string of the molecule is c1ccc(-c2c(N(c3cccc(-c4cccc5c4oc4ccccc45)c3)c3cccc4c3sc3ccccc34)c3ccccc3c3ccccc23)cc1. The molecule has 0 fully saturated rings. The Balaban J connectivity index is 1.27. The first kappa shape index (κ1) is 30.0. The van der Waals surface area contributed by atoms with Crippen LogP contribution in [0.3, 0.4) is 0 Å². The quantitative estimate of drug-likeness (QED) is 0.167. The van der Waals surface area contributed by atoms with E-state index >= 15 is 0 Å². The number of nitrogens with zero attached hydrogens (tertiary/aromatic N) is 1. The first-order valence-electron chi connectivity index (χ1n) is 18.0. The predicted octanol–water partition coefficient (Wildman–Crippen LogP) is 15.1. The van der Waals surface area contributed by atoms with Crippen molar-refractivity contribution >= 4 is 92.1 Å². The Bertz CT molecular complexity index is 3190. The first-order chi connectivity index (χ1) is 26.3. The van der Waals surface area contributed by atoms with Crippen molar-refractivity contribution in [3.05, 3.63) is 188 Å². The highest BCUT2D eigenvalue weighted by Crippen LogP contribution is 2.52. The molecule has 248 valence electrons. The number of thiophene rings is 1. The molecule has 2 nitrogen and oxygen atoms in total. The summed E-state index contributed by atoms with van der Waals surface area (Å²) in [4.78, 5) is 2.52. The Morgan fingerprint density at radius 3 is 1.87 bits per heavy atom. The van der Waals surface area contributed by atoms with E-state index in [-0.39, 0.29) is 0 Å². The van der Waals surface area contributed by atoms with Crippen molar-refractivity contribution in [2.45, 2.75) is 0 Å². The summed E-state index contributed by atoms with van der Waals surface area (Å²) in [7, 11) is 0. The zero-order valence-electron chi connectivity index (χ0n) is 28.7. The maximum absolute atomic E-state index is 6.57. The molecule has 0 bridgehead atoms. The summed E-state index contributed by atoms with van der Waals surface area (Å²) in [5.41, 5.74) is 9.78. The van der Waals surface area contributed by atoms with E-state index in [1.165, 1.54) is 52.8 Å². The van der Waals surface area contributed by atoms with Gasteiger partial charge in [0, 0.05) is 48.4 Å². The number of para-hydroxylation sites is 2. The molecule has 11 rings (SSSR count). The summed E-state index contributed by atoms with van der Waals surface area (Å²) >= 11 is 1.86. The lowest BCUT2D eigenvalue weighted by molar-refractivity contribution is 0.670. The number of furan rings is 1. The predicted molar refractivity (Wildman–Crippen MR) is 227 cm³/mol. The minimum Gasteiger partial charge on any atom is -0.455 e. The molecule has 0 aliphatic heterocycles. The minimum absolute atomic E-state index is 0.902. The van der Waals surface area contributed by atoms with Crippen molar-refractivity contribution in [1.29, 1.82) is 0 Å². The Labute approximate surface area is 310 Å². The number of rotatable bonds is 5. The van der Waals surface area contributed by atoms with Crippen molar-refractivity contribution in [1.82, 2.24) is 0 Å². The Hall–Kier alpha value is -6.68. The van der Waals surface area contributed by atoms with Gasteiger partial charge in [0.25, 0.3) is 0 Å². The molecule has 0 spiro atoms. The lowest BCUT2D eigenvalue weighted by atomic mass is 9.90. The third kappa shape index (κ3) is 4.64. The fraction of sp³-hybridized carbons (Fsp3) is 0. The fourth-order valence-corrected chi connectivity index (χ4v) is 9.54. The molecule has 0 saturated heterocycles. The normalized spacial score (nSPS) is 11.8. The molecule has 2 heterocycles. The zero-order valence-corrected chi connectivity index (χ0v) is 29.5. The van der Waals surface area contributed by atoms with Crippen LogP contribution in [0.25, 0.3) is 85.9 Å². The van der Waals surface area contributed by atoms with E-state index in [0.717, 1.165) is 50.1 Å². The molecule has 0 saturated carbocycles. The van der Waals surface area contributed by atoms with E-state index in [9.17, 15) is 0 Å². The van der Waals surface area contributed by atoms with Crippen molar-refractivity contribution in [3.8, 4) is 22.3 Å². The van der Waals surface area contributed by atoms with Crippen LogP contribution in [0.5, 0.6) is 0 Å². The van der Waals surface area contributed by atoms with Crippen LogP contribution in [0.1, 0.15) is 0 Å². The van der Waals surface area contributed by atoms with Gasteiger partial charge < -0.3 is 9.32 Å². The molecule has 2 aromatic heterocycles. The fourth-order valence-electron chi connectivity index (χ4n) is 8.34. The van der Waals surface area contributed by atoms with E-state index in [2.05, 4.69) is 187 Å². The van der Waals surface area contributed by atoms with Crippen molar-refractivity contribution in [3.63, 3.8) is 0 Å². The molecule has 0 amide bonds. The minimum atomic E-state index is 0.902. The summed E-state index contributed by atoms with van der Waals surface area (Å²) in [6, 6.07) is 68.0. The maximum Gasteiger partial charge on any atom is 0.143 e. The summed E-state index contributed by atoms with van der Waals surface area (Å²) in [6.07, 6.45) is 0. The highest BCUT2D eigenvalue weighted by Gasteiger charge is 2.26. The van der Waals surface area contributed by atoms with Gasteiger partial charge in [-0.05, 0) is 57.6 Å². The van der Waals surface area contributed by atoms with Crippen molar-refractivity contribution < 1.29 is 4.42 Å². The van der Waals surface area contributed by atoms with Crippen LogP contribution in [0.4, 0.5) is 17.1 Å².